The second kappa shape index (κ2) is 5.89. The van der Waals surface area contributed by atoms with Gasteiger partial charge in [-0.2, -0.15) is 0 Å². The highest BCUT2D eigenvalue weighted by atomic mass is 79.9. The molecule has 2 rings (SSSR count). The van der Waals surface area contributed by atoms with Crippen LogP contribution < -0.4 is 10.5 Å². The van der Waals surface area contributed by atoms with Crippen molar-refractivity contribution in [2.75, 3.05) is 0 Å². The van der Waals surface area contributed by atoms with Crippen molar-refractivity contribution in [2.45, 2.75) is 13.5 Å². The molecule has 0 saturated carbocycles. The van der Waals surface area contributed by atoms with Crippen LogP contribution in [0.5, 0.6) is 5.75 Å². The van der Waals surface area contributed by atoms with Crippen molar-refractivity contribution in [1.82, 2.24) is 0 Å². The normalized spacial score (nSPS) is 10.2. The number of primary amides is 1. The van der Waals surface area contributed by atoms with Crippen molar-refractivity contribution in [3.63, 3.8) is 0 Å². The maximum Gasteiger partial charge on any atom is 0.248 e. The molecule has 0 aliphatic carbocycles. The SMILES string of the molecule is Cc1cc(C(N)=O)ccc1COc1ccccc1Br. The molecule has 2 aromatic carbocycles. The van der Waals surface area contributed by atoms with Gasteiger partial charge < -0.3 is 10.5 Å². The van der Waals surface area contributed by atoms with E-state index in [1.54, 1.807) is 12.1 Å². The van der Waals surface area contributed by atoms with E-state index in [2.05, 4.69) is 15.9 Å². The predicted molar refractivity (Wildman–Crippen MR) is 78.2 cm³/mol. The fraction of sp³-hybridized carbons (Fsp3) is 0.133. The summed E-state index contributed by atoms with van der Waals surface area (Å²) in [5.74, 6) is 0.377. The fourth-order valence-electron chi connectivity index (χ4n) is 1.73. The first-order valence-corrected chi connectivity index (χ1v) is 6.64. The van der Waals surface area contributed by atoms with Gasteiger partial charge in [0.2, 0.25) is 5.91 Å². The van der Waals surface area contributed by atoms with Crippen LogP contribution in [0.3, 0.4) is 0 Å². The molecule has 4 heteroatoms. The number of hydrogen-bond donors (Lipinski definition) is 1. The van der Waals surface area contributed by atoms with Gasteiger partial charge in [-0.3, -0.25) is 4.79 Å². The van der Waals surface area contributed by atoms with Gasteiger partial charge in [-0.15, -0.1) is 0 Å². The fourth-order valence-corrected chi connectivity index (χ4v) is 2.13. The highest BCUT2D eigenvalue weighted by Gasteiger charge is 2.06. The Bertz CT molecular complexity index is 611. The molecule has 19 heavy (non-hydrogen) atoms. The number of amides is 1. The number of ether oxygens (including phenoxy) is 1. The monoisotopic (exact) mass is 319 g/mol. The first-order valence-electron chi connectivity index (χ1n) is 5.84. The summed E-state index contributed by atoms with van der Waals surface area (Å²) in [5, 5.41) is 0. The van der Waals surface area contributed by atoms with Gasteiger partial charge in [0, 0.05) is 5.56 Å². The zero-order valence-corrected chi connectivity index (χ0v) is 12.1. The molecule has 0 fully saturated rings. The van der Waals surface area contributed by atoms with Crippen LogP contribution in [0.4, 0.5) is 0 Å². The molecule has 0 heterocycles. The third-order valence-electron chi connectivity index (χ3n) is 2.85. The Hall–Kier alpha value is -1.81. The molecule has 1 amide bonds. The van der Waals surface area contributed by atoms with E-state index < -0.39 is 5.91 Å². The minimum Gasteiger partial charge on any atom is -0.488 e. The summed E-state index contributed by atoms with van der Waals surface area (Å²) in [5.41, 5.74) is 7.77. The van der Waals surface area contributed by atoms with Gasteiger partial charge in [-0.25, -0.2) is 0 Å². The Kier molecular flexibility index (Phi) is 4.22. The van der Waals surface area contributed by atoms with E-state index in [0.29, 0.717) is 12.2 Å². The van der Waals surface area contributed by atoms with Gasteiger partial charge in [0.05, 0.1) is 4.47 Å². The number of para-hydroxylation sites is 1. The van der Waals surface area contributed by atoms with Crippen LogP contribution >= 0.6 is 15.9 Å². The number of hydrogen-bond acceptors (Lipinski definition) is 2. The summed E-state index contributed by atoms with van der Waals surface area (Å²) in [6.07, 6.45) is 0. The van der Waals surface area contributed by atoms with E-state index in [4.69, 9.17) is 10.5 Å². The lowest BCUT2D eigenvalue weighted by Gasteiger charge is -2.10. The van der Waals surface area contributed by atoms with Crippen LogP contribution in [-0.4, -0.2) is 5.91 Å². The molecule has 0 aromatic heterocycles. The van der Waals surface area contributed by atoms with Crippen molar-refractivity contribution >= 4 is 21.8 Å². The van der Waals surface area contributed by atoms with Gasteiger partial charge in [0.1, 0.15) is 12.4 Å². The number of benzene rings is 2. The number of aryl methyl sites for hydroxylation is 1. The van der Waals surface area contributed by atoms with Crippen LogP contribution in [-0.2, 0) is 6.61 Å². The first-order chi connectivity index (χ1) is 9.08. The summed E-state index contributed by atoms with van der Waals surface area (Å²) in [7, 11) is 0. The molecular formula is C15H14BrNO2. The van der Waals surface area contributed by atoms with Crippen molar-refractivity contribution in [1.29, 1.82) is 0 Å². The quantitative estimate of drug-likeness (QED) is 0.938. The topological polar surface area (TPSA) is 52.3 Å². The van der Waals surface area contributed by atoms with Gasteiger partial charge in [0.15, 0.2) is 0 Å². The third-order valence-corrected chi connectivity index (χ3v) is 3.50. The summed E-state index contributed by atoms with van der Waals surface area (Å²) in [6, 6.07) is 13.0. The average molecular weight is 320 g/mol. The second-order valence-corrected chi connectivity index (χ2v) is 5.08. The summed E-state index contributed by atoms with van der Waals surface area (Å²) >= 11 is 3.43. The lowest BCUT2D eigenvalue weighted by Crippen LogP contribution is -2.11. The number of carbonyl (C=O) groups excluding carboxylic acids is 1. The standard InChI is InChI=1S/C15H14BrNO2/c1-10-8-11(15(17)18)6-7-12(10)9-19-14-5-3-2-4-13(14)16/h2-8H,9H2,1H3,(H2,17,18). The maximum atomic E-state index is 11.1. The number of nitrogens with two attached hydrogens (primary N) is 1. The Morgan fingerprint density at radius 1 is 1.26 bits per heavy atom. The van der Waals surface area contributed by atoms with Crippen LogP contribution in [0.2, 0.25) is 0 Å². The Labute approximate surface area is 120 Å². The maximum absolute atomic E-state index is 11.1. The highest BCUT2D eigenvalue weighted by Crippen LogP contribution is 2.25. The predicted octanol–water partition coefficient (Wildman–Crippen LogP) is 3.44. The minimum atomic E-state index is -0.415. The summed E-state index contributed by atoms with van der Waals surface area (Å²) < 4.78 is 6.66. The molecule has 3 nitrogen and oxygen atoms in total. The second-order valence-electron chi connectivity index (χ2n) is 4.22. The molecule has 0 spiro atoms. The summed E-state index contributed by atoms with van der Waals surface area (Å²) in [6.45, 7) is 2.39. The van der Waals surface area contributed by atoms with Gasteiger partial charge in [0.25, 0.3) is 0 Å². The molecule has 0 unspecified atom stereocenters. The lowest BCUT2D eigenvalue weighted by molar-refractivity contribution is 0.1000. The Morgan fingerprint density at radius 2 is 2.00 bits per heavy atom. The smallest absolute Gasteiger partial charge is 0.248 e. The molecule has 0 saturated heterocycles. The van der Waals surface area contributed by atoms with E-state index in [1.165, 1.54) is 0 Å². The molecule has 98 valence electrons. The van der Waals surface area contributed by atoms with Crippen molar-refractivity contribution in [2.24, 2.45) is 5.73 Å². The molecule has 0 aliphatic rings. The van der Waals surface area contributed by atoms with Gasteiger partial charge in [-0.1, -0.05) is 18.2 Å². The van der Waals surface area contributed by atoms with E-state index >= 15 is 0 Å². The van der Waals surface area contributed by atoms with Crippen molar-refractivity contribution in [3.05, 3.63) is 63.6 Å². The van der Waals surface area contributed by atoms with Gasteiger partial charge in [-0.05, 0) is 58.2 Å². The molecule has 2 aromatic rings. The molecule has 0 bridgehead atoms. The third kappa shape index (κ3) is 3.35. The Balaban J connectivity index is 2.12. The molecule has 2 N–H and O–H groups in total. The van der Waals surface area contributed by atoms with Crippen LogP contribution in [0, 0.1) is 6.92 Å². The van der Waals surface area contributed by atoms with Crippen LogP contribution in [0.1, 0.15) is 21.5 Å². The van der Waals surface area contributed by atoms with Crippen LogP contribution in [0.15, 0.2) is 46.9 Å². The molecule has 0 radical (unpaired) electrons. The Morgan fingerprint density at radius 3 is 2.63 bits per heavy atom. The molecular weight excluding hydrogens is 306 g/mol. The zero-order valence-electron chi connectivity index (χ0n) is 10.5. The van der Waals surface area contributed by atoms with Gasteiger partial charge >= 0.3 is 0 Å². The summed E-state index contributed by atoms with van der Waals surface area (Å²) in [4.78, 5) is 11.1. The van der Waals surface area contributed by atoms with Crippen molar-refractivity contribution < 1.29 is 9.53 Å². The van der Waals surface area contributed by atoms with E-state index in [0.717, 1.165) is 21.3 Å². The van der Waals surface area contributed by atoms with Crippen molar-refractivity contribution in [3.8, 4) is 5.75 Å². The average Bonchev–Trinajstić information content (AvgIpc) is 2.39. The first kappa shape index (κ1) is 13.6. The lowest BCUT2D eigenvalue weighted by atomic mass is 10.1. The van der Waals surface area contributed by atoms with E-state index in [1.807, 2.05) is 37.3 Å². The number of carbonyl (C=O) groups is 1. The highest BCUT2D eigenvalue weighted by molar-refractivity contribution is 9.10. The van der Waals surface area contributed by atoms with Crippen LogP contribution in [0.25, 0.3) is 0 Å². The molecule has 0 aliphatic heterocycles. The molecule has 0 atom stereocenters. The zero-order chi connectivity index (χ0) is 13.8. The largest absolute Gasteiger partial charge is 0.488 e. The minimum absolute atomic E-state index is 0.415. The number of halogens is 1. The van der Waals surface area contributed by atoms with E-state index in [9.17, 15) is 4.79 Å². The number of rotatable bonds is 4. The van der Waals surface area contributed by atoms with E-state index in [-0.39, 0.29) is 0 Å².